The first-order valence-electron chi connectivity index (χ1n) is 7.61. The van der Waals surface area contributed by atoms with Gasteiger partial charge in [0.1, 0.15) is 0 Å². The van der Waals surface area contributed by atoms with Gasteiger partial charge in [-0.25, -0.2) is 13.2 Å². The predicted molar refractivity (Wildman–Crippen MR) is 82.3 cm³/mol. The Hall–Kier alpha value is -2.90. The van der Waals surface area contributed by atoms with Crippen molar-refractivity contribution in [3.63, 3.8) is 0 Å². The number of rotatable bonds is 3. The van der Waals surface area contributed by atoms with Gasteiger partial charge in [0.05, 0.1) is 5.56 Å². The average molecular weight is 349 g/mol. The van der Waals surface area contributed by atoms with Gasteiger partial charge < -0.3 is 10.2 Å². The molecule has 1 aromatic carbocycles. The standard InChI is InChI=1S/C17H14F3N3O2/c18-13-2-1-12(14(19)15(13)20)16(24)22-11-5-8-23(9-11)17(25)10-3-6-21-7-4-10/h1-4,6-7,11H,5,8-9H2,(H,22,24)/t11-/m0/s1. The molecule has 1 N–H and O–H groups in total. The van der Waals surface area contributed by atoms with Crippen LogP contribution in [0.4, 0.5) is 13.2 Å². The summed E-state index contributed by atoms with van der Waals surface area (Å²) in [6.45, 7) is 0.671. The lowest BCUT2D eigenvalue weighted by Crippen LogP contribution is -2.38. The SMILES string of the molecule is O=C(N[C@H]1CCN(C(=O)c2ccncc2)C1)c1ccc(F)c(F)c1F. The third kappa shape index (κ3) is 3.47. The second kappa shape index (κ2) is 6.92. The lowest BCUT2D eigenvalue weighted by atomic mass is 10.1. The highest BCUT2D eigenvalue weighted by Crippen LogP contribution is 2.17. The Balaban J connectivity index is 1.64. The molecule has 1 aliphatic rings. The maximum atomic E-state index is 13.7. The number of pyridine rings is 1. The maximum absolute atomic E-state index is 13.7. The molecule has 3 rings (SSSR count). The number of halogens is 3. The molecular weight excluding hydrogens is 335 g/mol. The number of benzene rings is 1. The van der Waals surface area contributed by atoms with Gasteiger partial charge in [-0.1, -0.05) is 0 Å². The van der Waals surface area contributed by atoms with Gasteiger partial charge >= 0.3 is 0 Å². The third-order valence-corrected chi connectivity index (χ3v) is 4.02. The summed E-state index contributed by atoms with van der Waals surface area (Å²) in [5.74, 6) is -5.62. The van der Waals surface area contributed by atoms with E-state index in [0.717, 1.165) is 6.07 Å². The van der Waals surface area contributed by atoms with E-state index in [1.54, 1.807) is 17.0 Å². The van der Waals surface area contributed by atoms with Crippen molar-refractivity contribution in [2.24, 2.45) is 0 Å². The Morgan fingerprint density at radius 2 is 1.80 bits per heavy atom. The zero-order chi connectivity index (χ0) is 18.0. The second-order valence-electron chi connectivity index (χ2n) is 5.67. The number of aromatic nitrogens is 1. The number of likely N-dealkylation sites (tertiary alicyclic amines) is 1. The van der Waals surface area contributed by atoms with Crippen LogP contribution in [0.2, 0.25) is 0 Å². The summed E-state index contributed by atoms with van der Waals surface area (Å²) in [7, 11) is 0. The molecule has 1 aliphatic heterocycles. The van der Waals surface area contributed by atoms with Crippen LogP contribution in [0.3, 0.4) is 0 Å². The van der Waals surface area contributed by atoms with Gasteiger partial charge in [-0.05, 0) is 30.7 Å². The molecule has 0 aliphatic carbocycles. The molecule has 0 bridgehead atoms. The molecular formula is C17H14F3N3O2. The Morgan fingerprint density at radius 3 is 2.52 bits per heavy atom. The second-order valence-corrected chi connectivity index (χ2v) is 5.67. The van der Waals surface area contributed by atoms with E-state index >= 15 is 0 Å². The highest BCUT2D eigenvalue weighted by atomic mass is 19.2. The zero-order valence-corrected chi connectivity index (χ0v) is 13.0. The van der Waals surface area contributed by atoms with Crippen LogP contribution in [0.15, 0.2) is 36.7 Å². The van der Waals surface area contributed by atoms with E-state index in [4.69, 9.17) is 0 Å². The molecule has 8 heteroatoms. The first kappa shape index (κ1) is 16.9. The largest absolute Gasteiger partial charge is 0.347 e. The molecule has 1 atom stereocenters. The first-order valence-corrected chi connectivity index (χ1v) is 7.61. The molecule has 25 heavy (non-hydrogen) atoms. The Labute approximate surface area is 141 Å². The topological polar surface area (TPSA) is 62.3 Å². The van der Waals surface area contributed by atoms with Gasteiger partial charge in [-0.15, -0.1) is 0 Å². The summed E-state index contributed by atoms with van der Waals surface area (Å²) in [5, 5.41) is 2.54. The van der Waals surface area contributed by atoms with Gasteiger partial charge in [0.2, 0.25) is 0 Å². The van der Waals surface area contributed by atoms with Crippen LogP contribution in [-0.4, -0.2) is 40.8 Å². The van der Waals surface area contributed by atoms with Gasteiger partial charge in [-0.3, -0.25) is 14.6 Å². The quantitative estimate of drug-likeness (QED) is 0.864. The highest BCUT2D eigenvalue weighted by molar-refractivity contribution is 5.95. The minimum Gasteiger partial charge on any atom is -0.347 e. The summed E-state index contributed by atoms with van der Waals surface area (Å²) in [4.78, 5) is 29.8. The van der Waals surface area contributed by atoms with E-state index < -0.39 is 35.0 Å². The molecule has 2 amide bonds. The van der Waals surface area contributed by atoms with Crippen LogP contribution in [0.25, 0.3) is 0 Å². The van der Waals surface area contributed by atoms with Crippen LogP contribution < -0.4 is 5.32 Å². The van der Waals surface area contributed by atoms with Crippen molar-refractivity contribution in [2.45, 2.75) is 12.5 Å². The van der Waals surface area contributed by atoms with E-state index in [2.05, 4.69) is 10.3 Å². The summed E-state index contributed by atoms with van der Waals surface area (Å²) in [6.07, 6.45) is 3.50. The molecule has 1 aromatic heterocycles. The lowest BCUT2D eigenvalue weighted by Gasteiger charge is -2.17. The van der Waals surface area contributed by atoms with E-state index in [9.17, 15) is 22.8 Å². The minimum absolute atomic E-state index is 0.196. The Bertz CT molecular complexity index is 814. The predicted octanol–water partition coefficient (Wildman–Crippen LogP) is 2.14. The molecule has 130 valence electrons. The van der Waals surface area contributed by atoms with E-state index in [1.807, 2.05) is 0 Å². The molecule has 0 unspecified atom stereocenters. The molecule has 0 radical (unpaired) electrons. The van der Waals surface area contributed by atoms with Crippen LogP contribution in [-0.2, 0) is 0 Å². The third-order valence-electron chi connectivity index (χ3n) is 4.02. The van der Waals surface area contributed by atoms with Crippen LogP contribution in [0, 0.1) is 17.5 Å². The number of hydrogen-bond donors (Lipinski definition) is 1. The van der Waals surface area contributed by atoms with Crippen molar-refractivity contribution >= 4 is 11.8 Å². The number of nitrogens with zero attached hydrogens (tertiary/aromatic N) is 2. The summed E-state index contributed by atoms with van der Waals surface area (Å²) in [6, 6.07) is 4.36. The summed E-state index contributed by atoms with van der Waals surface area (Å²) >= 11 is 0. The van der Waals surface area contributed by atoms with E-state index in [1.165, 1.54) is 12.4 Å². The first-order chi connectivity index (χ1) is 12.0. The van der Waals surface area contributed by atoms with Crippen molar-refractivity contribution in [3.05, 3.63) is 65.2 Å². The highest BCUT2D eigenvalue weighted by Gasteiger charge is 2.29. The van der Waals surface area contributed by atoms with E-state index in [-0.39, 0.29) is 12.5 Å². The van der Waals surface area contributed by atoms with Gasteiger partial charge in [0.25, 0.3) is 11.8 Å². The van der Waals surface area contributed by atoms with Crippen LogP contribution >= 0.6 is 0 Å². The average Bonchev–Trinajstić information content (AvgIpc) is 3.08. The molecule has 1 saturated heterocycles. The van der Waals surface area contributed by atoms with Crippen molar-refractivity contribution in [1.82, 2.24) is 15.2 Å². The van der Waals surface area contributed by atoms with E-state index in [0.29, 0.717) is 24.6 Å². The van der Waals surface area contributed by atoms with Crippen molar-refractivity contribution in [3.8, 4) is 0 Å². The Kier molecular flexibility index (Phi) is 4.69. The van der Waals surface area contributed by atoms with Gasteiger partial charge in [0, 0.05) is 37.1 Å². The van der Waals surface area contributed by atoms with Crippen molar-refractivity contribution in [1.29, 1.82) is 0 Å². The van der Waals surface area contributed by atoms with Crippen molar-refractivity contribution in [2.75, 3.05) is 13.1 Å². The summed E-state index contributed by atoms with van der Waals surface area (Å²) < 4.78 is 39.8. The van der Waals surface area contributed by atoms with Crippen LogP contribution in [0.5, 0.6) is 0 Å². The smallest absolute Gasteiger partial charge is 0.254 e. The number of nitrogens with one attached hydrogen (secondary N) is 1. The fourth-order valence-electron chi connectivity index (χ4n) is 2.70. The molecule has 0 saturated carbocycles. The monoisotopic (exact) mass is 349 g/mol. The number of carbonyl (C=O) groups excluding carboxylic acids is 2. The molecule has 5 nitrogen and oxygen atoms in total. The van der Waals surface area contributed by atoms with Crippen LogP contribution in [0.1, 0.15) is 27.1 Å². The summed E-state index contributed by atoms with van der Waals surface area (Å²) in [5.41, 5.74) is -0.0913. The fraction of sp³-hybridized carbons (Fsp3) is 0.235. The lowest BCUT2D eigenvalue weighted by molar-refractivity contribution is 0.0782. The zero-order valence-electron chi connectivity index (χ0n) is 13.0. The van der Waals surface area contributed by atoms with Gasteiger partial charge in [0.15, 0.2) is 17.5 Å². The molecule has 1 fully saturated rings. The maximum Gasteiger partial charge on any atom is 0.254 e. The normalized spacial score (nSPS) is 16.8. The molecule has 0 spiro atoms. The Morgan fingerprint density at radius 1 is 1.08 bits per heavy atom. The number of hydrogen-bond acceptors (Lipinski definition) is 3. The number of amides is 2. The fourth-order valence-corrected chi connectivity index (χ4v) is 2.70. The molecule has 2 heterocycles. The minimum atomic E-state index is -1.69. The molecule has 2 aromatic rings. The number of carbonyl (C=O) groups is 2. The van der Waals surface area contributed by atoms with Crippen molar-refractivity contribution < 1.29 is 22.8 Å². The van der Waals surface area contributed by atoms with Gasteiger partial charge in [-0.2, -0.15) is 0 Å².